The van der Waals surface area contributed by atoms with Crippen LogP contribution >= 0.6 is 0 Å². The first-order valence-electron chi connectivity index (χ1n) is 7.85. The third-order valence-corrected chi connectivity index (χ3v) is 3.29. The number of hydrogen-bond donors (Lipinski definition) is 1. The van der Waals surface area contributed by atoms with E-state index in [1.54, 1.807) is 7.11 Å². The highest BCUT2D eigenvalue weighted by Gasteiger charge is 2.07. The molecule has 0 unspecified atom stereocenters. The van der Waals surface area contributed by atoms with Crippen molar-refractivity contribution in [1.29, 1.82) is 0 Å². The van der Waals surface area contributed by atoms with Crippen LogP contribution in [0, 0.1) is 0 Å². The van der Waals surface area contributed by atoms with Crippen LogP contribution in [0.25, 0.3) is 0 Å². The van der Waals surface area contributed by atoms with Gasteiger partial charge in [-0.1, -0.05) is 0 Å². The van der Waals surface area contributed by atoms with Gasteiger partial charge >= 0.3 is 0 Å². The highest BCUT2D eigenvalue weighted by molar-refractivity contribution is 5.79. The Morgan fingerprint density at radius 1 is 1.36 bits per heavy atom. The number of aryl methyl sites for hydroxylation is 1. The SMILES string of the molecule is CCNC(=NCCCOCCOC)N(C)Cc1cccn1C. The van der Waals surface area contributed by atoms with Crippen molar-refractivity contribution in [3.05, 3.63) is 24.0 Å². The van der Waals surface area contributed by atoms with E-state index in [2.05, 4.69) is 59.1 Å². The molecular formula is C16H30N4O2. The van der Waals surface area contributed by atoms with E-state index in [1.807, 2.05) is 0 Å². The standard InChI is InChI=1S/C16H30N4O2/c1-5-17-16(18-9-7-11-22-13-12-21-4)20(3)14-15-8-6-10-19(15)2/h6,8,10H,5,7,9,11-14H2,1-4H3,(H,17,18). The number of nitrogens with zero attached hydrogens (tertiary/aromatic N) is 3. The summed E-state index contributed by atoms with van der Waals surface area (Å²) >= 11 is 0. The van der Waals surface area contributed by atoms with E-state index in [0.29, 0.717) is 19.8 Å². The zero-order valence-corrected chi connectivity index (χ0v) is 14.3. The van der Waals surface area contributed by atoms with Crippen molar-refractivity contribution in [2.75, 3.05) is 47.1 Å². The third-order valence-electron chi connectivity index (χ3n) is 3.29. The number of nitrogens with one attached hydrogen (secondary N) is 1. The lowest BCUT2D eigenvalue weighted by atomic mass is 10.4. The molecule has 0 spiro atoms. The van der Waals surface area contributed by atoms with Gasteiger partial charge in [-0.05, 0) is 25.5 Å². The lowest BCUT2D eigenvalue weighted by Gasteiger charge is -2.22. The fourth-order valence-corrected chi connectivity index (χ4v) is 2.04. The molecule has 0 atom stereocenters. The number of ether oxygens (including phenoxy) is 2. The molecule has 0 amide bonds. The van der Waals surface area contributed by atoms with Gasteiger partial charge in [0.15, 0.2) is 5.96 Å². The molecule has 0 aliphatic heterocycles. The average molecular weight is 310 g/mol. The van der Waals surface area contributed by atoms with Gasteiger partial charge in [0.2, 0.25) is 0 Å². The van der Waals surface area contributed by atoms with Crippen molar-refractivity contribution < 1.29 is 9.47 Å². The Bertz CT molecular complexity index is 432. The Hall–Kier alpha value is -1.53. The van der Waals surface area contributed by atoms with E-state index < -0.39 is 0 Å². The van der Waals surface area contributed by atoms with Crippen LogP contribution in [0.1, 0.15) is 19.0 Å². The van der Waals surface area contributed by atoms with E-state index in [0.717, 1.165) is 32.0 Å². The van der Waals surface area contributed by atoms with Crippen LogP contribution in [0.3, 0.4) is 0 Å². The smallest absolute Gasteiger partial charge is 0.194 e. The summed E-state index contributed by atoms with van der Waals surface area (Å²) in [6, 6.07) is 4.19. The summed E-state index contributed by atoms with van der Waals surface area (Å²) in [7, 11) is 5.80. The molecule has 0 radical (unpaired) electrons. The zero-order valence-electron chi connectivity index (χ0n) is 14.3. The molecule has 6 heteroatoms. The summed E-state index contributed by atoms with van der Waals surface area (Å²) in [6.45, 7) is 6.54. The van der Waals surface area contributed by atoms with Gasteiger partial charge in [-0.15, -0.1) is 0 Å². The first-order chi connectivity index (χ1) is 10.7. The fourth-order valence-electron chi connectivity index (χ4n) is 2.04. The number of guanidine groups is 1. The van der Waals surface area contributed by atoms with Crippen LogP contribution in [-0.4, -0.2) is 62.5 Å². The van der Waals surface area contributed by atoms with Crippen LogP contribution < -0.4 is 5.32 Å². The van der Waals surface area contributed by atoms with Gasteiger partial charge in [0.25, 0.3) is 0 Å². The molecule has 1 aromatic heterocycles. The largest absolute Gasteiger partial charge is 0.382 e. The molecule has 0 aliphatic carbocycles. The van der Waals surface area contributed by atoms with Crippen molar-refractivity contribution in [2.45, 2.75) is 19.9 Å². The summed E-state index contributed by atoms with van der Waals surface area (Å²) in [5.41, 5.74) is 1.26. The predicted molar refractivity (Wildman–Crippen MR) is 90.2 cm³/mol. The first kappa shape index (κ1) is 18.5. The average Bonchev–Trinajstić information content (AvgIpc) is 2.90. The van der Waals surface area contributed by atoms with Gasteiger partial charge in [0.1, 0.15) is 0 Å². The van der Waals surface area contributed by atoms with E-state index in [9.17, 15) is 0 Å². The lowest BCUT2D eigenvalue weighted by molar-refractivity contribution is 0.0702. The molecule has 1 heterocycles. The monoisotopic (exact) mass is 310 g/mol. The summed E-state index contributed by atoms with van der Waals surface area (Å²) in [6.07, 6.45) is 2.97. The zero-order chi connectivity index (χ0) is 16.2. The molecule has 0 fully saturated rings. The molecule has 1 rings (SSSR count). The van der Waals surface area contributed by atoms with Crippen LogP contribution in [0.15, 0.2) is 23.3 Å². The molecule has 1 aromatic rings. The quantitative estimate of drug-likeness (QED) is 0.404. The van der Waals surface area contributed by atoms with Crippen LogP contribution in [0.4, 0.5) is 0 Å². The summed E-state index contributed by atoms with van der Waals surface area (Å²) in [5.74, 6) is 0.931. The maximum Gasteiger partial charge on any atom is 0.194 e. The van der Waals surface area contributed by atoms with Crippen molar-refractivity contribution in [3.63, 3.8) is 0 Å². The lowest BCUT2D eigenvalue weighted by Crippen LogP contribution is -2.39. The van der Waals surface area contributed by atoms with Gasteiger partial charge in [-0.2, -0.15) is 0 Å². The fraction of sp³-hybridized carbons (Fsp3) is 0.688. The maximum atomic E-state index is 5.45. The first-order valence-corrected chi connectivity index (χ1v) is 7.85. The normalized spacial score (nSPS) is 11.7. The van der Waals surface area contributed by atoms with Crippen LogP contribution in [-0.2, 0) is 23.1 Å². The Morgan fingerprint density at radius 2 is 2.18 bits per heavy atom. The highest BCUT2D eigenvalue weighted by Crippen LogP contribution is 2.03. The Labute approximate surface area is 134 Å². The number of rotatable bonds is 10. The van der Waals surface area contributed by atoms with Gasteiger partial charge < -0.3 is 24.3 Å². The minimum Gasteiger partial charge on any atom is -0.382 e. The Balaban J connectivity index is 2.39. The molecule has 1 N–H and O–H groups in total. The molecule has 22 heavy (non-hydrogen) atoms. The molecule has 0 aliphatic rings. The Morgan fingerprint density at radius 3 is 2.82 bits per heavy atom. The van der Waals surface area contributed by atoms with Gasteiger partial charge in [0.05, 0.1) is 19.8 Å². The highest BCUT2D eigenvalue weighted by atomic mass is 16.5. The second kappa shape index (κ2) is 11.1. The van der Waals surface area contributed by atoms with E-state index in [4.69, 9.17) is 9.47 Å². The van der Waals surface area contributed by atoms with Gasteiger partial charge in [-0.25, -0.2) is 0 Å². The molecule has 0 bridgehead atoms. The topological polar surface area (TPSA) is 51.0 Å². The summed E-state index contributed by atoms with van der Waals surface area (Å²) in [5, 5.41) is 3.33. The molecular weight excluding hydrogens is 280 g/mol. The van der Waals surface area contributed by atoms with Crippen molar-refractivity contribution in [3.8, 4) is 0 Å². The Kier molecular flexibility index (Phi) is 9.34. The second-order valence-electron chi connectivity index (χ2n) is 5.16. The summed E-state index contributed by atoms with van der Waals surface area (Å²) in [4.78, 5) is 6.80. The van der Waals surface area contributed by atoms with Gasteiger partial charge in [0, 0.05) is 52.8 Å². The van der Waals surface area contributed by atoms with Crippen molar-refractivity contribution in [1.82, 2.24) is 14.8 Å². The van der Waals surface area contributed by atoms with E-state index in [-0.39, 0.29) is 0 Å². The van der Waals surface area contributed by atoms with Crippen molar-refractivity contribution in [2.24, 2.45) is 12.0 Å². The third kappa shape index (κ3) is 6.95. The van der Waals surface area contributed by atoms with E-state index >= 15 is 0 Å². The minimum absolute atomic E-state index is 0.644. The van der Waals surface area contributed by atoms with Crippen LogP contribution in [0.2, 0.25) is 0 Å². The predicted octanol–water partition coefficient (Wildman–Crippen LogP) is 1.48. The molecule has 126 valence electrons. The number of hydrogen-bond acceptors (Lipinski definition) is 3. The number of aliphatic imine (C=N–C) groups is 1. The number of aromatic nitrogens is 1. The minimum atomic E-state index is 0.644. The number of methoxy groups -OCH3 is 1. The van der Waals surface area contributed by atoms with Crippen LogP contribution in [0.5, 0.6) is 0 Å². The molecule has 6 nitrogen and oxygen atoms in total. The molecule has 0 saturated heterocycles. The van der Waals surface area contributed by atoms with E-state index in [1.165, 1.54) is 5.69 Å². The molecule has 0 aromatic carbocycles. The maximum absolute atomic E-state index is 5.45. The van der Waals surface area contributed by atoms with Crippen molar-refractivity contribution >= 4 is 5.96 Å². The molecule has 0 saturated carbocycles. The summed E-state index contributed by atoms with van der Waals surface area (Å²) < 4.78 is 12.5. The van der Waals surface area contributed by atoms with Gasteiger partial charge in [-0.3, -0.25) is 4.99 Å². The second-order valence-corrected chi connectivity index (χ2v) is 5.16.